The van der Waals surface area contributed by atoms with E-state index in [1.54, 1.807) is 36.4 Å². The average molecular weight is 512 g/mol. The summed E-state index contributed by atoms with van der Waals surface area (Å²) in [4.78, 5) is 12.5. The largest absolute Gasteiger partial charge is 0.490 e. The molecule has 0 saturated carbocycles. The monoisotopic (exact) mass is 510 g/mol. The number of amides is 1. The quantitative estimate of drug-likeness (QED) is 0.272. The van der Waals surface area contributed by atoms with Crippen molar-refractivity contribution in [3.05, 3.63) is 92.9 Å². The molecule has 3 rings (SSSR count). The Labute approximate surface area is 200 Å². The van der Waals surface area contributed by atoms with Crippen LogP contribution in [0.2, 0.25) is 5.02 Å². The van der Waals surface area contributed by atoms with Crippen LogP contribution in [-0.2, 0) is 11.4 Å². The first-order valence-electron chi connectivity index (χ1n) is 9.82. The number of para-hydroxylation sites is 1. The van der Waals surface area contributed by atoms with Gasteiger partial charge in [0, 0.05) is 10.2 Å². The zero-order chi connectivity index (χ0) is 22.9. The van der Waals surface area contributed by atoms with Gasteiger partial charge in [-0.05, 0) is 60.5 Å². The molecular formula is C25H20BrClN2O3. The second-order valence-corrected chi connectivity index (χ2v) is 7.99. The summed E-state index contributed by atoms with van der Waals surface area (Å²) in [5.41, 5.74) is 2.06. The van der Waals surface area contributed by atoms with Crippen LogP contribution in [0.3, 0.4) is 0 Å². The first kappa shape index (κ1) is 23.4. The zero-order valence-corrected chi connectivity index (χ0v) is 19.6. The number of nitriles is 1. The van der Waals surface area contributed by atoms with E-state index < -0.39 is 5.91 Å². The molecule has 3 aromatic carbocycles. The van der Waals surface area contributed by atoms with E-state index >= 15 is 0 Å². The molecule has 3 aromatic rings. The van der Waals surface area contributed by atoms with Crippen molar-refractivity contribution < 1.29 is 14.3 Å². The lowest BCUT2D eigenvalue weighted by atomic mass is 10.1. The van der Waals surface area contributed by atoms with Gasteiger partial charge in [-0.2, -0.15) is 5.26 Å². The number of rotatable bonds is 8. The third-order valence-corrected chi connectivity index (χ3v) is 5.15. The summed E-state index contributed by atoms with van der Waals surface area (Å²) in [5, 5.41) is 12.5. The maximum atomic E-state index is 12.5. The minimum atomic E-state index is -0.511. The van der Waals surface area contributed by atoms with Gasteiger partial charge >= 0.3 is 0 Å². The van der Waals surface area contributed by atoms with E-state index in [4.69, 9.17) is 21.1 Å². The number of benzene rings is 3. The van der Waals surface area contributed by atoms with Gasteiger partial charge in [0.05, 0.1) is 11.6 Å². The first-order valence-corrected chi connectivity index (χ1v) is 11.0. The molecule has 0 saturated heterocycles. The number of carbonyl (C=O) groups is 1. The maximum Gasteiger partial charge on any atom is 0.266 e. The number of nitrogens with zero attached hydrogens (tertiary/aromatic N) is 1. The third-order valence-electron chi connectivity index (χ3n) is 4.34. The SMILES string of the molecule is CCOc1cc(/C=C(\C#N)C(=O)Nc2ccccc2)cc(Cl)c1OCc1ccc(Br)cc1. The van der Waals surface area contributed by atoms with E-state index in [-0.39, 0.29) is 5.57 Å². The predicted octanol–water partition coefficient (Wildman–Crippen LogP) is 6.63. The van der Waals surface area contributed by atoms with Crippen LogP contribution in [0.1, 0.15) is 18.1 Å². The number of anilines is 1. The summed E-state index contributed by atoms with van der Waals surface area (Å²) in [5.74, 6) is 0.327. The minimum absolute atomic E-state index is 0.0594. The van der Waals surface area contributed by atoms with E-state index in [0.29, 0.717) is 41.0 Å². The summed E-state index contributed by atoms with van der Waals surface area (Å²) in [7, 11) is 0. The molecule has 7 heteroatoms. The Hall–Kier alpha value is -3.27. The molecule has 0 aliphatic heterocycles. The van der Waals surface area contributed by atoms with Crippen molar-refractivity contribution in [1.29, 1.82) is 5.26 Å². The second kappa shape index (κ2) is 11.4. The molecule has 0 heterocycles. The van der Waals surface area contributed by atoms with Crippen molar-refractivity contribution in [3.63, 3.8) is 0 Å². The van der Waals surface area contributed by atoms with Gasteiger partial charge in [0.15, 0.2) is 11.5 Å². The Bertz CT molecular complexity index is 1160. The molecule has 5 nitrogen and oxygen atoms in total. The summed E-state index contributed by atoms with van der Waals surface area (Å²) < 4.78 is 12.6. The molecule has 162 valence electrons. The molecular weight excluding hydrogens is 492 g/mol. The second-order valence-electron chi connectivity index (χ2n) is 6.67. The standard InChI is InChI=1S/C25H20BrClN2O3/c1-2-31-23-14-18(12-19(15-28)25(30)29-21-6-4-3-5-7-21)13-22(27)24(23)32-16-17-8-10-20(26)11-9-17/h3-14H,2,16H2,1H3,(H,29,30)/b19-12+. The van der Waals surface area contributed by atoms with Crippen molar-refractivity contribution in [2.24, 2.45) is 0 Å². The van der Waals surface area contributed by atoms with Crippen LogP contribution in [0.15, 0.2) is 76.8 Å². The molecule has 0 fully saturated rings. The predicted molar refractivity (Wildman–Crippen MR) is 130 cm³/mol. The highest BCUT2D eigenvalue weighted by Crippen LogP contribution is 2.38. The fraction of sp³-hybridized carbons (Fsp3) is 0.120. The Morgan fingerprint density at radius 3 is 2.50 bits per heavy atom. The van der Waals surface area contributed by atoms with E-state index in [0.717, 1.165) is 10.0 Å². The van der Waals surface area contributed by atoms with Crippen molar-refractivity contribution in [1.82, 2.24) is 0 Å². The van der Waals surface area contributed by atoms with Crippen molar-refractivity contribution in [3.8, 4) is 17.6 Å². The number of nitrogens with one attached hydrogen (secondary N) is 1. The molecule has 0 aromatic heterocycles. The van der Waals surface area contributed by atoms with Crippen LogP contribution in [-0.4, -0.2) is 12.5 Å². The molecule has 0 aliphatic rings. The van der Waals surface area contributed by atoms with E-state index in [1.165, 1.54) is 6.08 Å². The molecule has 1 N–H and O–H groups in total. The van der Waals surface area contributed by atoms with Crippen molar-refractivity contribution in [2.75, 3.05) is 11.9 Å². The van der Waals surface area contributed by atoms with E-state index in [9.17, 15) is 10.1 Å². The minimum Gasteiger partial charge on any atom is -0.490 e. The van der Waals surface area contributed by atoms with E-state index in [2.05, 4.69) is 21.2 Å². The normalized spacial score (nSPS) is 10.9. The highest BCUT2D eigenvalue weighted by Gasteiger charge is 2.15. The van der Waals surface area contributed by atoms with Crippen molar-refractivity contribution >= 4 is 45.2 Å². The number of halogens is 2. The molecule has 0 aliphatic carbocycles. The highest BCUT2D eigenvalue weighted by atomic mass is 79.9. The van der Waals surface area contributed by atoms with Crippen LogP contribution in [0.5, 0.6) is 11.5 Å². The Morgan fingerprint density at radius 1 is 1.12 bits per heavy atom. The van der Waals surface area contributed by atoms with E-state index in [1.807, 2.05) is 43.3 Å². The molecule has 0 unspecified atom stereocenters. The van der Waals surface area contributed by atoms with Gasteiger partial charge in [0.2, 0.25) is 0 Å². The van der Waals surface area contributed by atoms with Gasteiger partial charge in [0.1, 0.15) is 18.2 Å². The molecule has 0 atom stereocenters. The molecule has 0 bridgehead atoms. The maximum absolute atomic E-state index is 12.5. The fourth-order valence-electron chi connectivity index (χ4n) is 2.85. The van der Waals surface area contributed by atoms with Gasteiger partial charge < -0.3 is 14.8 Å². The molecule has 0 radical (unpaired) electrons. The Kier molecular flexibility index (Phi) is 8.32. The van der Waals surface area contributed by atoms with Gasteiger partial charge in [-0.3, -0.25) is 4.79 Å². The fourth-order valence-corrected chi connectivity index (χ4v) is 3.38. The van der Waals surface area contributed by atoms with Crippen LogP contribution in [0.4, 0.5) is 5.69 Å². The lowest BCUT2D eigenvalue weighted by Crippen LogP contribution is -2.13. The van der Waals surface area contributed by atoms with Crippen molar-refractivity contribution in [2.45, 2.75) is 13.5 Å². The number of ether oxygens (including phenoxy) is 2. The molecule has 32 heavy (non-hydrogen) atoms. The number of hydrogen-bond donors (Lipinski definition) is 1. The summed E-state index contributed by atoms with van der Waals surface area (Å²) in [6.07, 6.45) is 1.46. The Morgan fingerprint density at radius 2 is 1.84 bits per heavy atom. The summed E-state index contributed by atoms with van der Waals surface area (Å²) in [6, 6.07) is 21.9. The Balaban J connectivity index is 1.84. The lowest BCUT2D eigenvalue weighted by molar-refractivity contribution is -0.112. The third kappa shape index (κ3) is 6.36. The highest BCUT2D eigenvalue weighted by molar-refractivity contribution is 9.10. The van der Waals surface area contributed by atoms with Crippen LogP contribution in [0.25, 0.3) is 6.08 Å². The van der Waals surface area contributed by atoms with Gasteiger partial charge in [-0.1, -0.05) is 57.9 Å². The molecule has 0 spiro atoms. The topological polar surface area (TPSA) is 71.3 Å². The van der Waals surface area contributed by atoms with Crippen LogP contribution in [0, 0.1) is 11.3 Å². The van der Waals surface area contributed by atoms with Gasteiger partial charge in [0.25, 0.3) is 5.91 Å². The number of hydrogen-bond acceptors (Lipinski definition) is 4. The summed E-state index contributed by atoms with van der Waals surface area (Å²) in [6.45, 7) is 2.56. The smallest absolute Gasteiger partial charge is 0.266 e. The zero-order valence-electron chi connectivity index (χ0n) is 17.3. The number of carbonyl (C=O) groups excluding carboxylic acids is 1. The molecule has 1 amide bonds. The van der Waals surface area contributed by atoms with Crippen LogP contribution >= 0.6 is 27.5 Å². The lowest BCUT2D eigenvalue weighted by Gasteiger charge is -2.15. The van der Waals surface area contributed by atoms with Gasteiger partial charge in [-0.15, -0.1) is 0 Å². The average Bonchev–Trinajstić information content (AvgIpc) is 2.79. The first-order chi connectivity index (χ1) is 15.5. The van der Waals surface area contributed by atoms with Crippen LogP contribution < -0.4 is 14.8 Å². The van der Waals surface area contributed by atoms with Gasteiger partial charge in [-0.25, -0.2) is 0 Å². The summed E-state index contributed by atoms with van der Waals surface area (Å²) >= 11 is 9.88.